The van der Waals surface area contributed by atoms with Crippen LogP contribution in [-0.4, -0.2) is 23.9 Å². The molecule has 0 aromatic heterocycles. The molecule has 4 heteroatoms. The summed E-state index contributed by atoms with van der Waals surface area (Å²) in [4.78, 5) is 13.2. The predicted molar refractivity (Wildman–Crippen MR) is 68.4 cm³/mol. The summed E-state index contributed by atoms with van der Waals surface area (Å²) >= 11 is 0. The van der Waals surface area contributed by atoms with E-state index in [0.29, 0.717) is 19.0 Å². The van der Waals surface area contributed by atoms with Gasteiger partial charge < -0.3 is 5.73 Å². The minimum atomic E-state index is -0.265. The topological polar surface area (TPSA) is 46.3 Å². The van der Waals surface area contributed by atoms with Gasteiger partial charge in [-0.2, -0.15) is 0 Å². The van der Waals surface area contributed by atoms with Crippen LogP contribution in [0.2, 0.25) is 0 Å². The molecule has 18 heavy (non-hydrogen) atoms. The molecular weight excluding hydrogens is 231 g/mol. The standard InChI is InChI=1S/C14H19FN2O/c15-12-6-4-11(5-7-12)13-3-1-2-9-17(13)10-8-14(16)18/h4-7,13H,1-3,8-10H2,(H2,16,18)/t13-/m0/s1. The Bertz CT molecular complexity index is 405. The number of primary amides is 1. The van der Waals surface area contributed by atoms with Crippen molar-refractivity contribution in [2.24, 2.45) is 5.73 Å². The van der Waals surface area contributed by atoms with Crippen molar-refractivity contribution in [2.45, 2.75) is 31.7 Å². The Kier molecular flexibility index (Phi) is 4.31. The van der Waals surface area contributed by atoms with Gasteiger partial charge in [0.2, 0.25) is 5.91 Å². The fourth-order valence-corrected chi connectivity index (χ4v) is 2.57. The number of amides is 1. The monoisotopic (exact) mass is 250 g/mol. The summed E-state index contributed by atoms with van der Waals surface area (Å²) in [6, 6.07) is 6.95. The zero-order chi connectivity index (χ0) is 13.0. The molecule has 0 unspecified atom stereocenters. The first kappa shape index (κ1) is 13.0. The molecule has 3 nitrogen and oxygen atoms in total. The second kappa shape index (κ2) is 5.96. The third kappa shape index (κ3) is 3.29. The van der Waals surface area contributed by atoms with E-state index < -0.39 is 0 Å². The number of benzene rings is 1. The van der Waals surface area contributed by atoms with E-state index in [1.54, 1.807) is 0 Å². The average Bonchev–Trinajstić information content (AvgIpc) is 2.38. The first-order chi connectivity index (χ1) is 8.66. The van der Waals surface area contributed by atoms with E-state index >= 15 is 0 Å². The Labute approximate surface area is 107 Å². The maximum absolute atomic E-state index is 12.9. The maximum Gasteiger partial charge on any atom is 0.218 e. The lowest BCUT2D eigenvalue weighted by Gasteiger charge is -2.35. The summed E-state index contributed by atoms with van der Waals surface area (Å²) in [5, 5.41) is 0. The van der Waals surface area contributed by atoms with Crippen molar-refractivity contribution in [3.05, 3.63) is 35.6 Å². The van der Waals surface area contributed by atoms with Crippen LogP contribution in [0, 0.1) is 5.82 Å². The smallest absolute Gasteiger partial charge is 0.218 e. The van der Waals surface area contributed by atoms with E-state index in [4.69, 9.17) is 5.73 Å². The van der Waals surface area contributed by atoms with Gasteiger partial charge in [-0.3, -0.25) is 9.69 Å². The van der Waals surface area contributed by atoms with Crippen molar-refractivity contribution < 1.29 is 9.18 Å². The minimum Gasteiger partial charge on any atom is -0.370 e. The predicted octanol–water partition coefficient (Wildman–Crippen LogP) is 2.23. The first-order valence-corrected chi connectivity index (χ1v) is 6.44. The molecule has 1 amide bonds. The Balaban J connectivity index is 2.07. The first-order valence-electron chi connectivity index (χ1n) is 6.44. The number of piperidine rings is 1. The van der Waals surface area contributed by atoms with E-state index in [9.17, 15) is 9.18 Å². The molecule has 98 valence electrons. The van der Waals surface area contributed by atoms with E-state index in [0.717, 1.165) is 24.9 Å². The summed E-state index contributed by atoms with van der Waals surface area (Å²) in [6.45, 7) is 1.67. The highest BCUT2D eigenvalue weighted by Gasteiger charge is 2.23. The third-order valence-electron chi connectivity index (χ3n) is 3.51. The van der Waals surface area contributed by atoms with Gasteiger partial charge in [0.25, 0.3) is 0 Å². The van der Waals surface area contributed by atoms with Crippen LogP contribution in [0.3, 0.4) is 0 Å². The van der Waals surface area contributed by atoms with E-state index in [2.05, 4.69) is 4.90 Å². The number of likely N-dealkylation sites (tertiary alicyclic amines) is 1. The van der Waals surface area contributed by atoms with Crippen molar-refractivity contribution in [3.8, 4) is 0 Å². The van der Waals surface area contributed by atoms with Gasteiger partial charge in [-0.15, -0.1) is 0 Å². The molecule has 0 radical (unpaired) electrons. The Morgan fingerprint density at radius 3 is 2.72 bits per heavy atom. The lowest BCUT2D eigenvalue weighted by atomic mass is 9.95. The molecule has 0 saturated carbocycles. The number of rotatable bonds is 4. The van der Waals surface area contributed by atoms with Crippen LogP contribution in [0.25, 0.3) is 0 Å². The molecule has 2 N–H and O–H groups in total. The summed E-state index contributed by atoms with van der Waals surface area (Å²) in [5.74, 6) is -0.475. The van der Waals surface area contributed by atoms with Crippen LogP contribution >= 0.6 is 0 Å². The molecule has 1 aliphatic rings. The van der Waals surface area contributed by atoms with Gasteiger partial charge in [-0.25, -0.2) is 4.39 Å². The molecule has 1 saturated heterocycles. The van der Waals surface area contributed by atoms with Gasteiger partial charge >= 0.3 is 0 Å². The van der Waals surface area contributed by atoms with Gasteiger partial charge in [-0.05, 0) is 37.1 Å². The molecular formula is C14H19FN2O. The van der Waals surface area contributed by atoms with Gasteiger partial charge in [0.15, 0.2) is 0 Å². The van der Waals surface area contributed by atoms with Crippen molar-refractivity contribution in [2.75, 3.05) is 13.1 Å². The van der Waals surface area contributed by atoms with Gasteiger partial charge in [-0.1, -0.05) is 18.6 Å². The van der Waals surface area contributed by atoms with Crippen molar-refractivity contribution in [1.29, 1.82) is 0 Å². The highest BCUT2D eigenvalue weighted by molar-refractivity contribution is 5.73. The SMILES string of the molecule is NC(=O)CCN1CCCC[C@H]1c1ccc(F)cc1. The number of halogens is 1. The zero-order valence-corrected chi connectivity index (χ0v) is 10.4. The number of nitrogens with two attached hydrogens (primary N) is 1. The molecule has 1 aliphatic heterocycles. The highest BCUT2D eigenvalue weighted by Crippen LogP contribution is 2.30. The fraction of sp³-hybridized carbons (Fsp3) is 0.500. The molecule has 1 aromatic carbocycles. The molecule has 1 aromatic rings. The van der Waals surface area contributed by atoms with Crippen LogP contribution in [0.5, 0.6) is 0 Å². The molecule has 0 aliphatic carbocycles. The molecule has 0 spiro atoms. The highest BCUT2D eigenvalue weighted by atomic mass is 19.1. The van der Waals surface area contributed by atoms with Crippen LogP contribution in [-0.2, 0) is 4.79 Å². The van der Waals surface area contributed by atoms with Crippen molar-refractivity contribution >= 4 is 5.91 Å². The second-order valence-corrected chi connectivity index (χ2v) is 4.82. The summed E-state index contributed by atoms with van der Waals surface area (Å²) in [5.41, 5.74) is 6.32. The lowest BCUT2D eigenvalue weighted by Crippen LogP contribution is -2.35. The van der Waals surface area contributed by atoms with Crippen molar-refractivity contribution in [1.82, 2.24) is 4.90 Å². The summed E-state index contributed by atoms with van der Waals surface area (Å²) < 4.78 is 12.9. The Morgan fingerprint density at radius 2 is 2.06 bits per heavy atom. The summed E-state index contributed by atoms with van der Waals surface area (Å²) in [6.07, 6.45) is 3.77. The minimum absolute atomic E-state index is 0.210. The van der Waals surface area contributed by atoms with Gasteiger partial charge in [0.1, 0.15) is 5.82 Å². The Morgan fingerprint density at radius 1 is 1.33 bits per heavy atom. The number of hydrogen-bond acceptors (Lipinski definition) is 2. The van der Waals surface area contributed by atoms with Crippen LogP contribution < -0.4 is 5.73 Å². The average molecular weight is 250 g/mol. The molecule has 0 bridgehead atoms. The Hall–Kier alpha value is -1.42. The summed E-state index contributed by atoms with van der Waals surface area (Å²) in [7, 11) is 0. The van der Waals surface area contributed by atoms with Crippen molar-refractivity contribution in [3.63, 3.8) is 0 Å². The normalized spacial score (nSPS) is 20.8. The van der Waals surface area contributed by atoms with E-state index in [-0.39, 0.29) is 11.7 Å². The largest absolute Gasteiger partial charge is 0.370 e. The zero-order valence-electron chi connectivity index (χ0n) is 10.4. The molecule has 1 atom stereocenters. The van der Waals surface area contributed by atoms with E-state index in [1.165, 1.54) is 18.6 Å². The van der Waals surface area contributed by atoms with Crippen LogP contribution in [0.1, 0.15) is 37.3 Å². The van der Waals surface area contributed by atoms with Gasteiger partial charge in [0, 0.05) is 19.0 Å². The molecule has 1 fully saturated rings. The van der Waals surface area contributed by atoms with Crippen LogP contribution in [0.4, 0.5) is 4.39 Å². The third-order valence-corrected chi connectivity index (χ3v) is 3.51. The number of carbonyl (C=O) groups is 1. The number of nitrogens with zero attached hydrogens (tertiary/aromatic N) is 1. The van der Waals surface area contributed by atoms with Crippen LogP contribution in [0.15, 0.2) is 24.3 Å². The quantitative estimate of drug-likeness (QED) is 0.890. The second-order valence-electron chi connectivity index (χ2n) is 4.82. The van der Waals surface area contributed by atoms with Gasteiger partial charge in [0.05, 0.1) is 0 Å². The number of hydrogen-bond donors (Lipinski definition) is 1. The maximum atomic E-state index is 12.9. The molecule has 1 heterocycles. The number of carbonyl (C=O) groups excluding carboxylic acids is 1. The fourth-order valence-electron chi connectivity index (χ4n) is 2.57. The molecule has 2 rings (SSSR count). The lowest BCUT2D eigenvalue weighted by molar-refractivity contribution is -0.118. The van der Waals surface area contributed by atoms with E-state index in [1.807, 2.05) is 12.1 Å².